The van der Waals surface area contributed by atoms with Gasteiger partial charge >= 0.3 is 0 Å². The molecule has 8 heteroatoms. The molecule has 5 aromatic rings. The van der Waals surface area contributed by atoms with Crippen LogP contribution in [-0.4, -0.2) is 62.0 Å². The highest BCUT2D eigenvalue weighted by molar-refractivity contribution is 7.80. The summed E-state index contributed by atoms with van der Waals surface area (Å²) in [5.41, 5.74) is 8.87. The van der Waals surface area contributed by atoms with Crippen molar-refractivity contribution in [2.24, 2.45) is 10.2 Å². The highest BCUT2D eigenvalue weighted by atomic mass is 32.1. The molecular weight excluding hydrogens is 551 g/mol. The summed E-state index contributed by atoms with van der Waals surface area (Å²) in [6.45, 7) is 9.41. The van der Waals surface area contributed by atoms with Crippen molar-refractivity contribution in [3.63, 3.8) is 0 Å². The van der Waals surface area contributed by atoms with Crippen molar-refractivity contribution < 1.29 is 9.05 Å². The van der Waals surface area contributed by atoms with E-state index in [9.17, 15) is 0 Å². The lowest BCUT2D eigenvalue weighted by Crippen LogP contribution is -2.42. The molecule has 1 aromatic heterocycles. The van der Waals surface area contributed by atoms with Gasteiger partial charge in [-0.2, -0.15) is 22.9 Å². The fourth-order valence-corrected chi connectivity index (χ4v) is 5.96. The Kier molecular flexibility index (Phi) is 9.89. The smallest absolute Gasteiger partial charge is 0.239 e. The molecule has 0 fully saturated rings. The van der Waals surface area contributed by atoms with Crippen LogP contribution in [0, 0.1) is 0 Å². The van der Waals surface area contributed by atoms with Crippen LogP contribution >= 0.6 is 12.6 Å². The maximum absolute atomic E-state index is 5.02. The molecule has 0 aliphatic heterocycles. The van der Waals surface area contributed by atoms with Gasteiger partial charge in [-0.15, -0.1) is 4.57 Å². The van der Waals surface area contributed by atoms with E-state index in [2.05, 4.69) is 126 Å². The molecule has 1 heterocycles. The minimum atomic E-state index is 0.780. The number of nitrogens with zero attached hydrogens (tertiary/aromatic N) is 6. The Labute approximate surface area is 260 Å². The molecule has 43 heavy (non-hydrogen) atoms. The number of hydrogen-bond donors (Lipinski definition) is 2. The van der Waals surface area contributed by atoms with Crippen molar-refractivity contribution in [3.8, 4) is 5.69 Å². The lowest BCUT2D eigenvalue weighted by Gasteiger charge is -2.29. The van der Waals surface area contributed by atoms with Gasteiger partial charge in [0.2, 0.25) is 16.7 Å². The summed E-state index contributed by atoms with van der Waals surface area (Å²) in [6.07, 6.45) is 1.11. The quantitative estimate of drug-likeness (QED) is 0.0367. The molecular formula is C35H43N7S+2. The first kappa shape index (κ1) is 30.4. The Morgan fingerprint density at radius 1 is 0.791 bits per heavy atom. The maximum Gasteiger partial charge on any atom is 0.239 e. The van der Waals surface area contributed by atoms with Gasteiger partial charge in [0.05, 0.1) is 38.6 Å². The number of nitrogens with one attached hydrogen (secondary N) is 1. The maximum atomic E-state index is 5.02. The van der Waals surface area contributed by atoms with Gasteiger partial charge in [-0.1, -0.05) is 18.2 Å². The number of para-hydroxylation sites is 1. The van der Waals surface area contributed by atoms with Crippen LogP contribution in [0.1, 0.15) is 20.3 Å². The molecule has 0 spiro atoms. The van der Waals surface area contributed by atoms with Crippen molar-refractivity contribution >= 4 is 57.4 Å². The van der Waals surface area contributed by atoms with Gasteiger partial charge in [-0.3, -0.25) is 0 Å². The normalized spacial score (nSPS) is 11.9. The van der Waals surface area contributed by atoms with E-state index in [4.69, 9.17) is 4.98 Å². The first-order chi connectivity index (χ1) is 20.9. The SMILES string of the molecule is CCN(CC)c1ccc2nc3ccc(N=Nc4ccc(NCCC[N+](C)(C)CCS)cc4)cc3[n+](-c3ccccc3)c2c1. The van der Waals surface area contributed by atoms with Crippen molar-refractivity contribution in [3.05, 3.63) is 91.0 Å². The zero-order valence-corrected chi connectivity index (χ0v) is 26.6. The molecule has 0 bridgehead atoms. The van der Waals surface area contributed by atoms with Crippen molar-refractivity contribution in [2.75, 3.05) is 62.8 Å². The fourth-order valence-electron chi connectivity index (χ4n) is 5.42. The van der Waals surface area contributed by atoms with Crippen molar-refractivity contribution in [1.82, 2.24) is 4.98 Å². The molecule has 0 amide bonds. The number of rotatable bonds is 13. The molecule has 222 valence electrons. The van der Waals surface area contributed by atoms with E-state index >= 15 is 0 Å². The second-order valence-electron chi connectivity index (χ2n) is 11.4. The summed E-state index contributed by atoms with van der Waals surface area (Å²) in [6, 6.07) is 31.2. The average molecular weight is 594 g/mol. The first-order valence-electron chi connectivity index (χ1n) is 15.2. The van der Waals surface area contributed by atoms with Crippen LogP contribution in [0.4, 0.5) is 22.7 Å². The fraction of sp³-hybridized carbons (Fsp3) is 0.314. The monoisotopic (exact) mass is 593 g/mol. The van der Waals surface area contributed by atoms with Crippen LogP contribution in [0.15, 0.2) is 101 Å². The Balaban J connectivity index is 1.40. The number of azo groups is 1. The van der Waals surface area contributed by atoms with E-state index in [0.29, 0.717) is 0 Å². The van der Waals surface area contributed by atoms with Gasteiger partial charge in [-0.25, -0.2) is 4.98 Å². The summed E-state index contributed by atoms with van der Waals surface area (Å²) in [5, 5.41) is 12.7. The molecule has 0 aliphatic rings. The van der Waals surface area contributed by atoms with Gasteiger partial charge in [0.1, 0.15) is 11.0 Å². The molecule has 0 saturated heterocycles. The van der Waals surface area contributed by atoms with Crippen LogP contribution in [0.2, 0.25) is 0 Å². The number of quaternary nitrogens is 1. The molecule has 5 rings (SSSR count). The summed E-state index contributed by atoms with van der Waals surface area (Å²) in [7, 11) is 4.52. The highest BCUT2D eigenvalue weighted by Gasteiger charge is 2.21. The molecule has 0 saturated carbocycles. The van der Waals surface area contributed by atoms with E-state index in [0.717, 1.165) is 94.2 Å². The average Bonchev–Trinajstić information content (AvgIpc) is 3.02. The van der Waals surface area contributed by atoms with Crippen molar-refractivity contribution in [1.29, 1.82) is 0 Å². The molecule has 0 radical (unpaired) electrons. The number of hydrogen-bond acceptors (Lipinski definition) is 6. The predicted octanol–water partition coefficient (Wildman–Crippen LogP) is 7.73. The lowest BCUT2D eigenvalue weighted by atomic mass is 10.1. The topological polar surface area (TPSA) is 56.8 Å². The summed E-state index contributed by atoms with van der Waals surface area (Å²) >= 11 is 4.38. The van der Waals surface area contributed by atoms with E-state index in [1.165, 1.54) is 5.69 Å². The Bertz CT molecular complexity index is 1680. The number of fused-ring (bicyclic) bond motifs is 2. The molecule has 0 aliphatic carbocycles. The third-order valence-corrected chi connectivity index (χ3v) is 8.11. The van der Waals surface area contributed by atoms with E-state index in [1.54, 1.807) is 0 Å². The van der Waals surface area contributed by atoms with Gasteiger partial charge in [0.25, 0.3) is 0 Å². The predicted molar refractivity (Wildman–Crippen MR) is 184 cm³/mol. The second-order valence-corrected chi connectivity index (χ2v) is 11.9. The zero-order valence-electron chi connectivity index (χ0n) is 25.7. The minimum Gasteiger partial charge on any atom is -0.385 e. The Hall–Kier alpha value is -4.01. The number of benzene rings is 4. The van der Waals surface area contributed by atoms with Gasteiger partial charge in [0, 0.05) is 67.4 Å². The van der Waals surface area contributed by atoms with Crippen LogP contribution < -0.4 is 14.8 Å². The van der Waals surface area contributed by atoms with Crippen LogP contribution in [-0.2, 0) is 0 Å². The van der Waals surface area contributed by atoms with E-state index < -0.39 is 0 Å². The van der Waals surface area contributed by atoms with Gasteiger partial charge < -0.3 is 14.7 Å². The summed E-state index contributed by atoms with van der Waals surface area (Å²) in [4.78, 5) is 7.37. The Morgan fingerprint density at radius 3 is 2.14 bits per heavy atom. The standard InChI is InChI=1S/C35H41N7S/c1-5-40(6-2)31-18-20-33-35(26-31)41(30-11-8-7-9-12-30)34-25-29(17-19-32(34)37-33)39-38-28-15-13-27(14-16-28)36-21-10-22-42(3,4)23-24-43/h7-9,11-20,25-26H,5-6,10,21-24H2,1-4H3/p+2. The minimum absolute atomic E-state index is 0.780. The third-order valence-electron chi connectivity index (χ3n) is 7.91. The molecule has 1 N–H and O–H groups in total. The number of anilines is 2. The number of aromatic nitrogens is 2. The van der Waals surface area contributed by atoms with E-state index in [-0.39, 0.29) is 0 Å². The summed E-state index contributed by atoms with van der Waals surface area (Å²) in [5.74, 6) is 0.911. The zero-order chi connectivity index (χ0) is 30.2. The third kappa shape index (κ3) is 7.50. The summed E-state index contributed by atoms with van der Waals surface area (Å²) < 4.78 is 3.27. The Morgan fingerprint density at radius 2 is 1.44 bits per heavy atom. The van der Waals surface area contributed by atoms with Crippen LogP contribution in [0.3, 0.4) is 0 Å². The van der Waals surface area contributed by atoms with Crippen LogP contribution in [0.5, 0.6) is 0 Å². The van der Waals surface area contributed by atoms with E-state index in [1.807, 2.05) is 30.3 Å². The largest absolute Gasteiger partial charge is 0.385 e. The molecule has 0 unspecified atom stereocenters. The molecule has 7 nitrogen and oxygen atoms in total. The molecule has 4 aromatic carbocycles. The highest BCUT2D eigenvalue weighted by Crippen LogP contribution is 2.27. The van der Waals surface area contributed by atoms with Gasteiger partial charge in [0.15, 0.2) is 0 Å². The van der Waals surface area contributed by atoms with Gasteiger partial charge in [-0.05, 0) is 62.4 Å². The van der Waals surface area contributed by atoms with Crippen LogP contribution in [0.25, 0.3) is 27.8 Å². The first-order valence-corrected chi connectivity index (χ1v) is 15.8. The number of thiol groups is 1. The lowest BCUT2D eigenvalue weighted by molar-refractivity contribution is -0.887. The molecule has 0 atom stereocenters. The van der Waals surface area contributed by atoms with Crippen molar-refractivity contribution in [2.45, 2.75) is 20.3 Å². The second kappa shape index (κ2) is 14.0.